The van der Waals surface area contributed by atoms with Crippen LogP contribution in [0.2, 0.25) is 0 Å². The van der Waals surface area contributed by atoms with E-state index in [1.54, 1.807) is 6.20 Å². The van der Waals surface area contributed by atoms with Crippen molar-refractivity contribution in [2.24, 2.45) is 0 Å². The molecule has 6 nitrogen and oxygen atoms in total. The molecule has 0 N–H and O–H groups in total. The fraction of sp³-hybridized carbons (Fsp3) is 0.150. The summed E-state index contributed by atoms with van der Waals surface area (Å²) < 4.78 is 5.80. The molecule has 0 aliphatic heterocycles. The molecule has 7 heteroatoms. The van der Waals surface area contributed by atoms with Gasteiger partial charge >= 0.3 is 0 Å². The standard InChI is InChI=1S/C20H17N5OS/c1-3-15-12-17(23-18(22-15)16-6-4-5-11-21-16)27-20-25-24-19(26-20)14-9-7-13(2)8-10-14/h4-12H,3H2,1-2H3. The van der Waals surface area contributed by atoms with E-state index in [4.69, 9.17) is 4.42 Å². The Morgan fingerprint density at radius 2 is 1.85 bits per heavy atom. The molecule has 0 aliphatic carbocycles. The summed E-state index contributed by atoms with van der Waals surface area (Å²) in [5.41, 5.74) is 3.75. The predicted octanol–water partition coefficient (Wildman–Crippen LogP) is 4.61. The van der Waals surface area contributed by atoms with Crippen LogP contribution >= 0.6 is 11.8 Å². The summed E-state index contributed by atoms with van der Waals surface area (Å²) in [7, 11) is 0. The van der Waals surface area contributed by atoms with Gasteiger partial charge in [-0.3, -0.25) is 4.98 Å². The molecule has 0 aliphatic rings. The van der Waals surface area contributed by atoms with Crippen LogP contribution in [0.1, 0.15) is 18.2 Å². The SMILES string of the molecule is CCc1cc(Sc2nnc(-c3ccc(C)cc3)o2)nc(-c2ccccn2)n1. The Hall–Kier alpha value is -3.06. The Labute approximate surface area is 161 Å². The van der Waals surface area contributed by atoms with E-state index in [0.29, 0.717) is 16.9 Å². The summed E-state index contributed by atoms with van der Waals surface area (Å²) in [4.78, 5) is 13.5. The number of pyridine rings is 1. The number of hydrogen-bond donors (Lipinski definition) is 0. The average Bonchev–Trinajstić information content (AvgIpc) is 3.17. The monoisotopic (exact) mass is 375 g/mol. The summed E-state index contributed by atoms with van der Waals surface area (Å²) in [5.74, 6) is 1.09. The van der Waals surface area contributed by atoms with Crippen molar-refractivity contribution in [1.82, 2.24) is 25.1 Å². The van der Waals surface area contributed by atoms with E-state index in [0.717, 1.165) is 28.4 Å². The summed E-state index contributed by atoms with van der Waals surface area (Å²) in [6, 6.07) is 15.6. The van der Waals surface area contributed by atoms with Gasteiger partial charge in [-0.25, -0.2) is 9.97 Å². The zero-order valence-corrected chi connectivity index (χ0v) is 15.8. The quantitative estimate of drug-likeness (QED) is 0.471. The smallest absolute Gasteiger partial charge is 0.283 e. The van der Waals surface area contributed by atoms with Gasteiger partial charge in [0.25, 0.3) is 5.22 Å². The highest BCUT2D eigenvalue weighted by Gasteiger charge is 2.13. The number of rotatable bonds is 5. The minimum absolute atomic E-state index is 0.443. The van der Waals surface area contributed by atoms with Gasteiger partial charge in [-0.1, -0.05) is 30.7 Å². The van der Waals surface area contributed by atoms with E-state index in [1.807, 2.05) is 55.5 Å². The molecule has 4 aromatic rings. The van der Waals surface area contributed by atoms with Gasteiger partial charge in [0, 0.05) is 17.5 Å². The minimum Gasteiger partial charge on any atom is -0.411 e. The number of aryl methyl sites for hydroxylation is 2. The highest BCUT2D eigenvalue weighted by Crippen LogP contribution is 2.29. The van der Waals surface area contributed by atoms with Gasteiger partial charge in [0.1, 0.15) is 10.7 Å². The molecule has 3 heterocycles. The van der Waals surface area contributed by atoms with Crippen LogP contribution in [0.25, 0.3) is 23.0 Å². The van der Waals surface area contributed by atoms with Crippen LogP contribution in [0.15, 0.2) is 69.4 Å². The molecule has 0 unspecified atom stereocenters. The first-order chi connectivity index (χ1) is 13.2. The molecule has 0 atom stereocenters. The first-order valence-electron chi connectivity index (χ1n) is 8.59. The number of benzene rings is 1. The number of hydrogen-bond acceptors (Lipinski definition) is 7. The normalized spacial score (nSPS) is 10.9. The maximum atomic E-state index is 5.80. The third-order valence-electron chi connectivity index (χ3n) is 3.91. The molecule has 0 radical (unpaired) electrons. The Kier molecular flexibility index (Phi) is 4.93. The van der Waals surface area contributed by atoms with Crippen LogP contribution in [0.4, 0.5) is 0 Å². The van der Waals surface area contributed by atoms with E-state index in [9.17, 15) is 0 Å². The zero-order chi connectivity index (χ0) is 18.6. The van der Waals surface area contributed by atoms with Gasteiger partial charge in [-0.05, 0) is 55.4 Å². The molecule has 4 rings (SSSR count). The number of aromatic nitrogens is 5. The fourth-order valence-corrected chi connectivity index (χ4v) is 3.18. The predicted molar refractivity (Wildman–Crippen MR) is 103 cm³/mol. The Balaban J connectivity index is 1.62. The molecular formula is C20H17N5OS. The third kappa shape index (κ3) is 4.03. The third-order valence-corrected chi connectivity index (χ3v) is 4.67. The molecule has 0 bridgehead atoms. The van der Waals surface area contributed by atoms with Crippen molar-refractivity contribution in [3.05, 3.63) is 66.0 Å². The van der Waals surface area contributed by atoms with Crippen molar-refractivity contribution in [2.75, 3.05) is 0 Å². The highest BCUT2D eigenvalue weighted by atomic mass is 32.2. The van der Waals surface area contributed by atoms with Crippen LogP contribution in [-0.4, -0.2) is 25.1 Å². The molecule has 0 saturated carbocycles. The van der Waals surface area contributed by atoms with Gasteiger partial charge < -0.3 is 4.42 Å². The van der Waals surface area contributed by atoms with Crippen molar-refractivity contribution >= 4 is 11.8 Å². The van der Waals surface area contributed by atoms with Crippen LogP contribution in [0.3, 0.4) is 0 Å². The van der Waals surface area contributed by atoms with Gasteiger partial charge in [0.2, 0.25) is 5.89 Å². The van der Waals surface area contributed by atoms with Crippen LogP contribution < -0.4 is 0 Å². The van der Waals surface area contributed by atoms with Gasteiger partial charge in [0.15, 0.2) is 5.82 Å². The molecule has 0 amide bonds. The average molecular weight is 375 g/mol. The van der Waals surface area contributed by atoms with E-state index in [-0.39, 0.29) is 0 Å². The molecule has 0 saturated heterocycles. The van der Waals surface area contributed by atoms with Gasteiger partial charge in [0.05, 0.1) is 0 Å². The lowest BCUT2D eigenvalue weighted by atomic mass is 10.1. The second-order valence-corrected chi connectivity index (χ2v) is 6.90. The largest absolute Gasteiger partial charge is 0.411 e. The molecule has 0 fully saturated rings. The second-order valence-electron chi connectivity index (χ2n) is 5.93. The van der Waals surface area contributed by atoms with E-state index in [1.165, 1.54) is 17.3 Å². The van der Waals surface area contributed by atoms with Crippen molar-refractivity contribution in [2.45, 2.75) is 30.5 Å². The van der Waals surface area contributed by atoms with Crippen molar-refractivity contribution < 1.29 is 4.42 Å². The molecule has 0 spiro atoms. The van der Waals surface area contributed by atoms with Crippen LogP contribution in [0.5, 0.6) is 0 Å². The molecule has 3 aromatic heterocycles. The lowest BCUT2D eigenvalue weighted by Gasteiger charge is -2.05. The number of nitrogens with zero attached hydrogens (tertiary/aromatic N) is 5. The summed E-state index contributed by atoms with van der Waals surface area (Å²) in [6.07, 6.45) is 2.53. The van der Waals surface area contributed by atoms with Crippen molar-refractivity contribution in [3.63, 3.8) is 0 Å². The molecule has 134 valence electrons. The highest BCUT2D eigenvalue weighted by molar-refractivity contribution is 7.99. The van der Waals surface area contributed by atoms with E-state index >= 15 is 0 Å². The first kappa shape index (κ1) is 17.4. The summed E-state index contributed by atoms with van der Waals surface area (Å²) in [6.45, 7) is 4.10. The van der Waals surface area contributed by atoms with Gasteiger partial charge in [-0.2, -0.15) is 0 Å². The molecule has 27 heavy (non-hydrogen) atoms. The van der Waals surface area contributed by atoms with Crippen molar-refractivity contribution in [3.8, 4) is 23.0 Å². The maximum Gasteiger partial charge on any atom is 0.283 e. The second kappa shape index (κ2) is 7.67. The topological polar surface area (TPSA) is 77.6 Å². The van der Waals surface area contributed by atoms with E-state index < -0.39 is 0 Å². The molecule has 1 aromatic carbocycles. The Bertz CT molecular complexity index is 1050. The van der Waals surface area contributed by atoms with Crippen molar-refractivity contribution in [1.29, 1.82) is 0 Å². The maximum absolute atomic E-state index is 5.80. The Morgan fingerprint density at radius 1 is 1.00 bits per heavy atom. The van der Waals surface area contributed by atoms with Gasteiger partial charge in [-0.15, -0.1) is 10.2 Å². The summed E-state index contributed by atoms with van der Waals surface area (Å²) in [5, 5.41) is 9.48. The lowest BCUT2D eigenvalue weighted by molar-refractivity contribution is 0.465. The first-order valence-corrected chi connectivity index (χ1v) is 9.40. The Morgan fingerprint density at radius 3 is 2.59 bits per heavy atom. The summed E-state index contributed by atoms with van der Waals surface area (Å²) >= 11 is 1.33. The van der Waals surface area contributed by atoms with Crippen LogP contribution in [0, 0.1) is 6.92 Å². The van der Waals surface area contributed by atoms with E-state index in [2.05, 4.69) is 32.1 Å². The zero-order valence-electron chi connectivity index (χ0n) is 15.0. The fourth-order valence-electron chi connectivity index (χ4n) is 2.47. The molecular weight excluding hydrogens is 358 g/mol. The van der Waals surface area contributed by atoms with Crippen LogP contribution in [-0.2, 0) is 6.42 Å². The minimum atomic E-state index is 0.443. The lowest BCUT2D eigenvalue weighted by Crippen LogP contribution is -1.97.